The van der Waals surface area contributed by atoms with Crippen LogP contribution in [-0.4, -0.2) is 31.5 Å². The Morgan fingerprint density at radius 3 is 2.87 bits per heavy atom. The summed E-state index contributed by atoms with van der Waals surface area (Å²) in [5, 5.41) is 9.27. The number of esters is 1. The molecule has 2 rings (SSSR count). The van der Waals surface area contributed by atoms with Crippen molar-refractivity contribution in [2.75, 3.05) is 20.5 Å². The van der Waals surface area contributed by atoms with Crippen LogP contribution in [0.5, 0.6) is 5.75 Å². The zero-order valence-corrected chi connectivity index (χ0v) is 12.9. The van der Waals surface area contributed by atoms with Crippen LogP contribution in [0.15, 0.2) is 36.5 Å². The molecule has 0 aliphatic heterocycles. The second-order valence-corrected chi connectivity index (χ2v) is 4.49. The lowest BCUT2D eigenvalue weighted by atomic mass is 10.0. The van der Waals surface area contributed by atoms with E-state index in [-0.39, 0.29) is 13.4 Å². The summed E-state index contributed by atoms with van der Waals surface area (Å²) in [6.45, 7) is 2.07. The van der Waals surface area contributed by atoms with E-state index in [0.29, 0.717) is 28.1 Å². The molecule has 23 heavy (non-hydrogen) atoms. The number of hydrogen-bond acceptors (Lipinski definition) is 6. The van der Waals surface area contributed by atoms with Crippen molar-refractivity contribution >= 4 is 5.97 Å². The van der Waals surface area contributed by atoms with Crippen molar-refractivity contribution in [1.82, 2.24) is 4.98 Å². The highest BCUT2D eigenvalue weighted by Crippen LogP contribution is 2.27. The molecule has 0 unspecified atom stereocenters. The van der Waals surface area contributed by atoms with Gasteiger partial charge in [-0.25, -0.2) is 4.79 Å². The van der Waals surface area contributed by atoms with Crippen molar-refractivity contribution in [1.29, 1.82) is 5.26 Å². The van der Waals surface area contributed by atoms with Crippen LogP contribution in [-0.2, 0) is 9.47 Å². The van der Waals surface area contributed by atoms with Crippen molar-refractivity contribution in [2.24, 2.45) is 0 Å². The summed E-state index contributed by atoms with van der Waals surface area (Å²) in [5.41, 5.74) is 1.78. The number of nitriles is 1. The lowest BCUT2D eigenvalue weighted by Gasteiger charge is -2.10. The third kappa shape index (κ3) is 3.84. The Bertz CT molecular complexity index is 738. The van der Waals surface area contributed by atoms with Gasteiger partial charge >= 0.3 is 5.97 Å². The number of ether oxygens (including phenoxy) is 3. The number of methoxy groups -OCH3 is 1. The number of nitrogens with zero attached hydrogens (tertiary/aromatic N) is 2. The number of benzene rings is 1. The molecular formula is C17H16N2O4. The predicted molar refractivity (Wildman–Crippen MR) is 82.8 cm³/mol. The molecule has 0 aliphatic carbocycles. The van der Waals surface area contributed by atoms with E-state index in [1.165, 1.54) is 7.11 Å². The maximum Gasteiger partial charge on any atom is 0.340 e. The molecule has 6 nitrogen and oxygen atoms in total. The normalized spacial score (nSPS) is 9.96. The second kappa shape index (κ2) is 7.92. The van der Waals surface area contributed by atoms with Gasteiger partial charge in [0.25, 0.3) is 0 Å². The fourth-order valence-corrected chi connectivity index (χ4v) is 2.02. The summed E-state index contributed by atoms with van der Waals surface area (Å²) in [6.07, 6.45) is 1.58. The Morgan fingerprint density at radius 2 is 2.17 bits per heavy atom. The van der Waals surface area contributed by atoms with E-state index in [9.17, 15) is 10.1 Å². The average Bonchev–Trinajstić information content (AvgIpc) is 2.60. The summed E-state index contributed by atoms with van der Waals surface area (Å²) < 4.78 is 15.2. The van der Waals surface area contributed by atoms with E-state index < -0.39 is 5.97 Å². The number of carbonyl (C=O) groups excluding carboxylic acids is 1. The summed E-state index contributed by atoms with van der Waals surface area (Å²) in [5.74, 6) is -0.0412. The molecule has 118 valence electrons. The molecule has 1 aromatic carbocycles. The van der Waals surface area contributed by atoms with Crippen molar-refractivity contribution in [3.05, 3.63) is 47.7 Å². The molecule has 2 aromatic rings. The van der Waals surface area contributed by atoms with Gasteiger partial charge in [-0.15, -0.1) is 0 Å². The first-order valence-electron chi connectivity index (χ1n) is 6.99. The first-order valence-corrected chi connectivity index (χ1v) is 6.99. The van der Waals surface area contributed by atoms with Gasteiger partial charge in [-0.2, -0.15) is 5.26 Å². The van der Waals surface area contributed by atoms with E-state index in [1.807, 2.05) is 0 Å². The first-order chi connectivity index (χ1) is 11.2. The predicted octanol–water partition coefficient (Wildman–Crippen LogP) is 2.78. The van der Waals surface area contributed by atoms with Crippen molar-refractivity contribution < 1.29 is 19.0 Å². The van der Waals surface area contributed by atoms with Gasteiger partial charge in [0.1, 0.15) is 11.8 Å². The van der Waals surface area contributed by atoms with Crippen LogP contribution in [0, 0.1) is 11.3 Å². The van der Waals surface area contributed by atoms with E-state index >= 15 is 0 Å². The van der Waals surface area contributed by atoms with E-state index in [2.05, 4.69) is 11.1 Å². The number of carbonyl (C=O) groups is 1. The molecule has 0 saturated heterocycles. The largest absolute Gasteiger partial charge is 0.466 e. The van der Waals surface area contributed by atoms with Crippen LogP contribution in [0.25, 0.3) is 11.3 Å². The summed E-state index contributed by atoms with van der Waals surface area (Å²) in [4.78, 5) is 16.3. The van der Waals surface area contributed by atoms with Crippen LogP contribution < -0.4 is 4.74 Å². The molecule has 1 heterocycles. The topological polar surface area (TPSA) is 81.4 Å². The highest BCUT2D eigenvalue weighted by Gasteiger charge is 2.16. The minimum absolute atomic E-state index is 0.0473. The van der Waals surface area contributed by atoms with Crippen LogP contribution in [0.2, 0.25) is 0 Å². The lowest BCUT2D eigenvalue weighted by molar-refractivity contribution is 0.0509. The standard InChI is InChI=1S/C17H16N2O4/c1-3-22-17(20)14-5-4-8-19-16(14)12-6-7-15(23-11-21-2)13(9-12)10-18/h4-9H,3,11H2,1-2H3. The molecule has 0 aliphatic rings. The summed E-state index contributed by atoms with van der Waals surface area (Å²) in [6, 6.07) is 10.4. The molecule has 0 spiro atoms. The Kier molecular flexibility index (Phi) is 5.67. The van der Waals surface area contributed by atoms with E-state index in [1.54, 1.807) is 43.5 Å². The Balaban J connectivity index is 2.43. The maximum atomic E-state index is 12.0. The van der Waals surface area contributed by atoms with Gasteiger partial charge in [0.2, 0.25) is 0 Å². The number of pyridine rings is 1. The fourth-order valence-electron chi connectivity index (χ4n) is 2.02. The van der Waals surface area contributed by atoms with Gasteiger partial charge in [-0.05, 0) is 37.3 Å². The van der Waals surface area contributed by atoms with Crippen LogP contribution >= 0.6 is 0 Å². The second-order valence-electron chi connectivity index (χ2n) is 4.49. The Morgan fingerprint density at radius 1 is 1.35 bits per heavy atom. The van der Waals surface area contributed by atoms with Gasteiger partial charge in [0, 0.05) is 18.9 Å². The average molecular weight is 312 g/mol. The van der Waals surface area contributed by atoms with Crippen molar-refractivity contribution in [3.63, 3.8) is 0 Å². The molecule has 0 atom stereocenters. The highest BCUT2D eigenvalue weighted by molar-refractivity contribution is 5.96. The molecule has 6 heteroatoms. The van der Waals surface area contributed by atoms with Crippen molar-refractivity contribution in [3.8, 4) is 23.1 Å². The molecule has 0 bridgehead atoms. The van der Waals surface area contributed by atoms with Gasteiger partial charge < -0.3 is 14.2 Å². The smallest absolute Gasteiger partial charge is 0.340 e. The minimum atomic E-state index is -0.450. The monoisotopic (exact) mass is 312 g/mol. The van der Waals surface area contributed by atoms with Gasteiger partial charge in [0.15, 0.2) is 6.79 Å². The molecule has 0 saturated carbocycles. The summed E-state index contributed by atoms with van der Waals surface area (Å²) >= 11 is 0. The Hall–Kier alpha value is -2.91. The van der Waals surface area contributed by atoms with Gasteiger partial charge in [0.05, 0.1) is 23.4 Å². The zero-order valence-electron chi connectivity index (χ0n) is 12.9. The van der Waals surface area contributed by atoms with E-state index in [4.69, 9.17) is 14.2 Å². The highest BCUT2D eigenvalue weighted by atomic mass is 16.7. The fraction of sp³-hybridized carbons (Fsp3) is 0.235. The molecule has 0 fully saturated rings. The maximum absolute atomic E-state index is 12.0. The van der Waals surface area contributed by atoms with Crippen LogP contribution in [0.1, 0.15) is 22.8 Å². The lowest BCUT2D eigenvalue weighted by Crippen LogP contribution is -2.07. The quantitative estimate of drug-likeness (QED) is 0.602. The summed E-state index contributed by atoms with van der Waals surface area (Å²) in [7, 11) is 1.50. The van der Waals surface area contributed by atoms with Gasteiger partial charge in [-0.3, -0.25) is 4.98 Å². The van der Waals surface area contributed by atoms with Crippen molar-refractivity contribution in [2.45, 2.75) is 6.92 Å². The molecule has 0 radical (unpaired) electrons. The third-order valence-electron chi connectivity index (χ3n) is 3.01. The zero-order chi connectivity index (χ0) is 16.7. The molecular weight excluding hydrogens is 296 g/mol. The Labute approximate surface area is 134 Å². The third-order valence-corrected chi connectivity index (χ3v) is 3.01. The van der Waals surface area contributed by atoms with Gasteiger partial charge in [-0.1, -0.05) is 0 Å². The first kappa shape index (κ1) is 16.5. The molecule has 0 amide bonds. The van der Waals surface area contributed by atoms with E-state index in [0.717, 1.165) is 0 Å². The molecule has 0 N–H and O–H groups in total. The van der Waals surface area contributed by atoms with Crippen LogP contribution in [0.4, 0.5) is 0 Å². The number of rotatable bonds is 6. The molecule has 1 aromatic heterocycles. The SMILES string of the molecule is CCOC(=O)c1cccnc1-c1ccc(OCOC)c(C#N)c1. The van der Waals surface area contributed by atoms with Crippen LogP contribution in [0.3, 0.4) is 0 Å². The number of aromatic nitrogens is 1. The number of hydrogen-bond donors (Lipinski definition) is 0. The minimum Gasteiger partial charge on any atom is -0.466 e.